The highest BCUT2D eigenvalue weighted by Crippen LogP contribution is 2.41. The smallest absolute Gasteiger partial charge is 0.416 e. The number of alkyl halides is 3. The van der Waals surface area contributed by atoms with E-state index in [1.165, 1.54) is 0 Å². The molecule has 9 heteroatoms. The molecule has 1 fully saturated rings. The van der Waals surface area contributed by atoms with Crippen molar-refractivity contribution in [2.45, 2.75) is 49.6 Å². The van der Waals surface area contributed by atoms with Gasteiger partial charge >= 0.3 is 12.1 Å². The summed E-state index contributed by atoms with van der Waals surface area (Å²) in [6.45, 7) is 0.127. The van der Waals surface area contributed by atoms with Crippen molar-refractivity contribution in [3.63, 3.8) is 0 Å². The topological polar surface area (TPSA) is 83.5 Å². The van der Waals surface area contributed by atoms with E-state index in [1.807, 2.05) is 12.1 Å². The lowest BCUT2D eigenvalue weighted by atomic mass is 9.80. The number of nitrogens with one attached hydrogen (secondary N) is 1. The molecule has 0 aromatic heterocycles. The third kappa shape index (κ3) is 6.07. The Morgan fingerprint density at radius 2 is 1.65 bits per heavy atom. The van der Waals surface area contributed by atoms with Gasteiger partial charge < -0.3 is 5.11 Å². The first-order valence-electron chi connectivity index (χ1n) is 9.96. The molecule has 2 N–H and O–H groups in total. The van der Waals surface area contributed by atoms with E-state index in [2.05, 4.69) is 4.72 Å². The van der Waals surface area contributed by atoms with E-state index in [4.69, 9.17) is 5.11 Å². The molecule has 1 aliphatic carbocycles. The number of benzene rings is 2. The van der Waals surface area contributed by atoms with E-state index in [1.54, 1.807) is 12.1 Å². The highest BCUT2D eigenvalue weighted by atomic mass is 32.2. The molecular weight excluding hydrogens is 431 g/mol. The summed E-state index contributed by atoms with van der Waals surface area (Å²) in [4.78, 5) is 10.4. The quantitative estimate of drug-likeness (QED) is 0.618. The molecule has 1 saturated carbocycles. The molecule has 0 radical (unpaired) electrons. The van der Waals surface area contributed by atoms with Crippen LogP contribution in [0.1, 0.15) is 42.4 Å². The fourth-order valence-corrected chi connectivity index (χ4v) is 5.30. The molecule has 0 bridgehead atoms. The molecule has 0 unspecified atom stereocenters. The largest absolute Gasteiger partial charge is 0.481 e. The monoisotopic (exact) mass is 455 g/mol. The average Bonchev–Trinajstić information content (AvgIpc) is 3.16. The Labute approximate surface area is 179 Å². The summed E-state index contributed by atoms with van der Waals surface area (Å²) in [6.07, 6.45) is -0.590. The van der Waals surface area contributed by atoms with Gasteiger partial charge in [0.15, 0.2) is 0 Å². The van der Waals surface area contributed by atoms with E-state index < -0.39 is 32.6 Å². The summed E-state index contributed by atoms with van der Waals surface area (Å²) in [5.41, 5.74) is 0.312. The normalized spacial score (nSPS) is 16.4. The number of halogens is 3. The van der Waals surface area contributed by atoms with Crippen LogP contribution in [0.3, 0.4) is 0 Å². The highest BCUT2D eigenvalue weighted by Gasteiger charge is 2.36. The number of carboxylic acids is 1. The molecule has 2 aromatic carbocycles. The number of hydrogen-bond donors (Lipinski definition) is 2. The van der Waals surface area contributed by atoms with E-state index in [0.29, 0.717) is 18.1 Å². The third-order valence-electron chi connectivity index (χ3n) is 5.73. The third-order valence-corrected chi connectivity index (χ3v) is 7.13. The lowest BCUT2D eigenvalue weighted by Crippen LogP contribution is -2.37. The van der Waals surface area contributed by atoms with Crippen LogP contribution >= 0.6 is 0 Å². The van der Waals surface area contributed by atoms with Crippen LogP contribution in [0.2, 0.25) is 0 Å². The highest BCUT2D eigenvalue weighted by molar-refractivity contribution is 7.89. The van der Waals surface area contributed by atoms with Crippen molar-refractivity contribution in [1.82, 2.24) is 4.72 Å². The fraction of sp³-hybridized carbons (Fsp3) is 0.409. The SMILES string of the molecule is O=C(O)Cc1ccc(CC2(CNS(=O)(=O)c3cccc(C(F)(F)F)c3)CCCC2)cc1. The second-order valence-electron chi connectivity index (χ2n) is 8.12. The van der Waals surface area contributed by atoms with Crippen LogP contribution in [0.4, 0.5) is 13.2 Å². The van der Waals surface area contributed by atoms with E-state index in [0.717, 1.165) is 49.4 Å². The van der Waals surface area contributed by atoms with E-state index in [9.17, 15) is 26.4 Å². The van der Waals surface area contributed by atoms with Gasteiger partial charge in [0, 0.05) is 6.54 Å². The van der Waals surface area contributed by atoms with Crippen LogP contribution in [-0.4, -0.2) is 26.0 Å². The molecule has 0 saturated heterocycles. The number of carbonyl (C=O) groups is 1. The summed E-state index contributed by atoms with van der Waals surface area (Å²) >= 11 is 0. The molecule has 0 spiro atoms. The zero-order chi connectivity index (χ0) is 22.7. The summed E-state index contributed by atoms with van der Waals surface area (Å²) in [6, 6.07) is 10.9. The van der Waals surface area contributed by atoms with Crippen LogP contribution in [-0.2, 0) is 33.8 Å². The van der Waals surface area contributed by atoms with E-state index >= 15 is 0 Å². The maximum absolute atomic E-state index is 12.9. The number of sulfonamides is 1. The fourth-order valence-electron chi connectivity index (χ4n) is 4.09. The first kappa shape index (κ1) is 23.3. The molecule has 0 amide bonds. The van der Waals surface area contributed by atoms with Crippen molar-refractivity contribution in [2.24, 2.45) is 5.41 Å². The lowest BCUT2D eigenvalue weighted by molar-refractivity contribution is -0.138. The Kier molecular flexibility index (Phi) is 6.76. The maximum atomic E-state index is 12.9. The zero-order valence-electron chi connectivity index (χ0n) is 16.8. The summed E-state index contributed by atoms with van der Waals surface area (Å²) in [5, 5.41) is 8.88. The van der Waals surface area contributed by atoms with Gasteiger partial charge in [0.05, 0.1) is 16.9 Å². The Morgan fingerprint density at radius 3 is 2.23 bits per heavy atom. The first-order chi connectivity index (χ1) is 14.5. The summed E-state index contributed by atoms with van der Waals surface area (Å²) < 4.78 is 66.7. The second kappa shape index (κ2) is 9.00. The van der Waals surface area contributed by atoms with Gasteiger partial charge in [-0.25, -0.2) is 13.1 Å². The molecule has 0 aliphatic heterocycles. The molecule has 5 nitrogen and oxygen atoms in total. The number of hydrogen-bond acceptors (Lipinski definition) is 3. The molecule has 2 aromatic rings. The zero-order valence-corrected chi connectivity index (χ0v) is 17.6. The molecule has 0 heterocycles. The average molecular weight is 455 g/mol. The molecule has 168 valence electrons. The maximum Gasteiger partial charge on any atom is 0.416 e. The van der Waals surface area contributed by atoms with Crippen molar-refractivity contribution >= 4 is 16.0 Å². The summed E-state index contributed by atoms with van der Waals surface area (Å²) in [7, 11) is -4.10. The Bertz CT molecular complexity index is 1030. The van der Waals surface area contributed by atoms with Crippen molar-refractivity contribution in [1.29, 1.82) is 0 Å². The standard InChI is InChI=1S/C22H24F3NO4S/c23-22(24,25)18-4-3-5-19(13-18)31(29,30)26-15-21(10-1-2-11-21)14-17-8-6-16(7-9-17)12-20(27)28/h3-9,13,26H,1-2,10-12,14-15H2,(H,27,28). The van der Waals surface area contributed by atoms with Crippen LogP contribution in [0.15, 0.2) is 53.4 Å². The first-order valence-corrected chi connectivity index (χ1v) is 11.4. The lowest BCUT2D eigenvalue weighted by Gasteiger charge is -2.29. The van der Waals surface area contributed by atoms with Gasteiger partial charge in [-0.15, -0.1) is 0 Å². The van der Waals surface area contributed by atoms with E-state index in [-0.39, 0.29) is 18.4 Å². The van der Waals surface area contributed by atoms with Gasteiger partial charge in [-0.05, 0) is 54.0 Å². The Morgan fingerprint density at radius 1 is 1.03 bits per heavy atom. The van der Waals surface area contributed by atoms with Crippen LogP contribution < -0.4 is 4.72 Å². The van der Waals surface area contributed by atoms with Crippen molar-refractivity contribution in [3.8, 4) is 0 Å². The van der Waals surface area contributed by atoms with Gasteiger partial charge in [-0.3, -0.25) is 4.79 Å². The molecule has 1 aliphatic rings. The Balaban J connectivity index is 1.73. The Hall–Kier alpha value is -2.39. The molecule has 31 heavy (non-hydrogen) atoms. The van der Waals surface area contributed by atoms with Gasteiger partial charge in [0.25, 0.3) is 0 Å². The van der Waals surface area contributed by atoms with Crippen molar-refractivity contribution in [2.75, 3.05) is 6.54 Å². The van der Waals surface area contributed by atoms with Gasteiger partial charge in [0.2, 0.25) is 10.0 Å². The number of carboxylic acid groups (broad SMARTS) is 1. The van der Waals surface area contributed by atoms with Crippen LogP contribution in [0, 0.1) is 5.41 Å². The van der Waals surface area contributed by atoms with Crippen LogP contribution in [0.5, 0.6) is 0 Å². The number of rotatable bonds is 8. The number of aliphatic carboxylic acids is 1. The van der Waals surface area contributed by atoms with Crippen molar-refractivity contribution < 1.29 is 31.5 Å². The van der Waals surface area contributed by atoms with Gasteiger partial charge in [-0.1, -0.05) is 43.2 Å². The van der Waals surface area contributed by atoms with Crippen molar-refractivity contribution in [3.05, 3.63) is 65.2 Å². The minimum Gasteiger partial charge on any atom is -0.481 e. The molecule has 0 atom stereocenters. The molecular formula is C22H24F3NO4S. The molecule has 3 rings (SSSR count). The predicted molar refractivity (Wildman–Crippen MR) is 109 cm³/mol. The van der Waals surface area contributed by atoms with Gasteiger partial charge in [-0.2, -0.15) is 13.2 Å². The minimum absolute atomic E-state index is 0.0673. The van der Waals surface area contributed by atoms with Crippen LogP contribution in [0.25, 0.3) is 0 Å². The minimum atomic E-state index is -4.62. The second-order valence-corrected chi connectivity index (χ2v) is 9.89. The van der Waals surface area contributed by atoms with Gasteiger partial charge in [0.1, 0.15) is 0 Å². The summed E-state index contributed by atoms with van der Waals surface area (Å²) in [5.74, 6) is -0.913. The predicted octanol–water partition coefficient (Wildman–Crippen LogP) is 4.41.